The van der Waals surface area contributed by atoms with Crippen LogP contribution in [0.25, 0.3) is 0 Å². The first kappa shape index (κ1) is 21.5. The monoisotopic (exact) mass is 382 g/mol. The molecule has 158 valence electrons. The highest BCUT2D eigenvalue weighted by Crippen LogP contribution is 2.29. The fourth-order valence-electron chi connectivity index (χ4n) is 4.82. The van der Waals surface area contributed by atoms with Gasteiger partial charge in [0.25, 0.3) is 0 Å². The summed E-state index contributed by atoms with van der Waals surface area (Å²) in [7, 11) is 0. The molecular formula is C21H42N4O2. The van der Waals surface area contributed by atoms with Gasteiger partial charge in [-0.25, -0.2) is 0 Å². The van der Waals surface area contributed by atoms with Crippen LogP contribution in [-0.4, -0.2) is 104 Å². The minimum atomic E-state index is 0.0597. The molecule has 3 saturated heterocycles. The van der Waals surface area contributed by atoms with Crippen LogP contribution < -0.4 is 5.32 Å². The summed E-state index contributed by atoms with van der Waals surface area (Å²) in [5.41, 5.74) is 0.164. The van der Waals surface area contributed by atoms with Crippen LogP contribution in [0.5, 0.6) is 0 Å². The lowest BCUT2D eigenvalue weighted by Crippen LogP contribution is -2.68. The van der Waals surface area contributed by atoms with Gasteiger partial charge >= 0.3 is 0 Å². The van der Waals surface area contributed by atoms with Crippen molar-refractivity contribution in [2.45, 2.75) is 64.9 Å². The molecule has 0 aromatic rings. The summed E-state index contributed by atoms with van der Waals surface area (Å²) in [5, 5.41) is 3.71. The summed E-state index contributed by atoms with van der Waals surface area (Å²) in [6.07, 6.45) is 0.256. The van der Waals surface area contributed by atoms with E-state index >= 15 is 0 Å². The van der Waals surface area contributed by atoms with E-state index in [4.69, 9.17) is 9.47 Å². The Balaban J connectivity index is 1.53. The second-order valence-corrected chi connectivity index (χ2v) is 9.80. The van der Waals surface area contributed by atoms with Crippen LogP contribution in [-0.2, 0) is 9.47 Å². The smallest absolute Gasteiger partial charge is 0.0878 e. The molecule has 0 amide bonds. The molecule has 2 atom stereocenters. The average molecular weight is 383 g/mol. The van der Waals surface area contributed by atoms with E-state index in [0.717, 1.165) is 65.6 Å². The quantitative estimate of drug-likeness (QED) is 0.776. The third-order valence-electron chi connectivity index (χ3n) is 7.29. The largest absolute Gasteiger partial charge is 0.379 e. The van der Waals surface area contributed by atoms with Crippen molar-refractivity contribution in [1.29, 1.82) is 0 Å². The second kappa shape index (κ2) is 8.64. The highest BCUT2D eigenvalue weighted by molar-refractivity contribution is 4.97. The summed E-state index contributed by atoms with van der Waals surface area (Å²) in [6.45, 7) is 24.0. The lowest BCUT2D eigenvalue weighted by Gasteiger charge is -2.54. The lowest BCUT2D eigenvalue weighted by molar-refractivity contribution is -0.125. The van der Waals surface area contributed by atoms with Crippen molar-refractivity contribution in [3.05, 3.63) is 0 Å². The Labute approximate surface area is 166 Å². The Hall–Kier alpha value is -0.240. The number of hydrogen-bond donors (Lipinski definition) is 1. The van der Waals surface area contributed by atoms with Crippen molar-refractivity contribution in [3.8, 4) is 0 Å². The van der Waals surface area contributed by atoms with E-state index in [1.165, 1.54) is 0 Å². The molecule has 0 radical (unpaired) electrons. The van der Waals surface area contributed by atoms with E-state index in [2.05, 4.69) is 61.6 Å². The Kier molecular flexibility index (Phi) is 6.87. The van der Waals surface area contributed by atoms with Crippen LogP contribution in [0.3, 0.4) is 0 Å². The van der Waals surface area contributed by atoms with Gasteiger partial charge in [0, 0.05) is 57.4 Å². The summed E-state index contributed by atoms with van der Waals surface area (Å²) >= 11 is 0. The Morgan fingerprint density at radius 3 is 1.93 bits per heavy atom. The summed E-state index contributed by atoms with van der Waals surface area (Å²) in [6, 6.07) is 0.489. The van der Waals surface area contributed by atoms with Crippen molar-refractivity contribution >= 4 is 0 Å². The number of nitrogens with one attached hydrogen (secondary N) is 1. The topological polar surface area (TPSA) is 40.2 Å². The van der Waals surface area contributed by atoms with Crippen LogP contribution in [0.15, 0.2) is 0 Å². The molecule has 3 aliphatic rings. The zero-order valence-corrected chi connectivity index (χ0v) is 18.5. The molecule has 6 nitrogen and oxygen atoms in total. The first-order valence-corrected chi connectivity index (χ1v) is 10.9. The maximum atomic E-state index is 6.32. The van der Waals surface area contributed by atoms with Crippen LogP contribution in [0.2, 0.25) is 0 Å². The molecule has 0 aromatic heterocycles. The van der Waals surface area contributed by atoms with E-state index in [9.17, 15) is 0 Å². The third-order valence-corrected chi connectivity index (χ3v) is 7.29. The van der Waals surface area contributed by atoms with Gasteiger partial charge in [-0.1, -0.05) is 13.8 Å². The zero-order valence-electron chi connectivity index (χ0n) is 18.5. The van der Waals surface area contributed by atoms with Crippen LogP contribution in [0.1, 0.15) is 41.5 Å². The Morgan fingerprint density at radius 2 is 1.41 bits per heavy atom. The standard InChI is InChI=1S/C21H42N4O2/c1-17(2)18-16-27-19(15-22-18)20(3,4)23-7-9-24(10-8-23)21(5,6)25-11-13-26-14-12-25/h17-19,22H,7-16H2,1-6H3. The van der Waals surface area contributed by atoms with Crippen molar-refractivity contribution in [2.75, 3.05) is 65.6 Å². The normalized spacial score (nSPS) is 30.8. The molecule has 3 aliphatic heterocycles. The zero-order chi connectivity index (χ0) is 19.7. The predicted octanol–water partition coefficient (Wildman–Crippen LogP) is 1.46. The number of morpholine rings is 2. The first-order valence-electron chi connectivity index (χ1n) is 10.9. The number of ether oxygens (including phenoxy) is 2. The van der Waals surface area contributed by atoms with E-state index in [1.54, 1.807) is 0 Å². The minimum Gasteiger partial charge on any atom is -0.379 e. The second-order valence-electron chi connectivity index (χ2n) is 9.80. The summed E-state index contributed by atoms with van der Waals surface area (Å²) < 4.78 is 11.9. The molecule has 0 saturated carbocycles. The van der Waals surface area contributed by atoms with Gasteiger partial charge in [0.1, 0.15) is 0 Å². The van der Waals surface area contributed by atoms with Crippen molar-refractivity contribution < 1.29 is 9.47 Å². The maximum absolute atomic E-state index is 6.32. The summed E-state index contributed by atoms with van der Waals surface area (Å²) in [4.78, 5) is 7.87. The van der Waals surface area contributed by atoms with Crippen molar-refractivity contribution in [3.63, 3.8) is 0 Å². The first-order chi connectivity index (χ1) is 12.7. The Morgan fingerprint density at radius 1 is 0.852 bits per heavy atom. The summed E-state index contributed by atoms with van der Waals surface area (Å²) in [5.74, 6) is 0.625. The molecule has 0 spiro atoms. The predicted molar refractivity (Wildman–Crippen MR) is 110 cm³/mol. The number of nitrogens with zero attached hydrogens (tertiary/aromatic N) is 3. The number of piperazine rings is 1. The maximum Gasteiger partial charge on any atom is 0.0878 e. The molecule has 27 heavy (non-hydrogen) atoms. The van der Waals surface area contributed by atoms with Crippen molar-refractivity contribution in [1.82, 2.24) is 20.0 Å². The Bertz CT molecular complexity index is 461. The van der Waals surface area contributed by atoms with Gasteiger partial charge in [0.2, 0.25) is 0 Å². The number of rotatable bonds is 5. The lowest BCUT2D eigenvalue weighted by atomic mass is 9.91. The molecule has 3 heterocycles. The molecule has 0 aliphatic carbocycles. The van der Waals surface area contributed by atoms with E-state index in [0.29, 0.717) is 12.0 Å². The molecule has 1 N–H and O–H groups in total. The van der Waals surface area contributed by atoms with E-state index in [-0.39, 0.29) is 17.3 Å². The van der Waals surface area contributed by atoms with Crippen LogP contribution in [0, 0.1) is 5.92 Å². The molecule has 0 aromatic carbocycles. The molecule has 3 fully saturated rings. The number of hydrogen-bond acceptors (Lipinski definition) is 6. The van der Waals surface area contributed by atoms with Gasteiger partial charge in [-0.05, 0) is 33.6 Å². The van der Waals surface area contributed by atoms with Crippen LogP contribution >= 0.6 is 0 Å². The highest BCUT2D eigenvalue weighted by atomic mass is 16.5. The molecule has 3 rings (SSSR count). The fraction of sp³-hybridized carbons (Fsp3) is 1.00. The molecule has 2 unspecified atom stereocenters. The van der Waals surface area contributed by atoms with Gasteiger partial charge in [-0.15, -0.1) is 0 Å². The van der Waals surface area contributed by atoms with Crippen molar-refractivity contribution in [2.24, 2.45) is 5.92 Å². The highest BCUT2D eigenvalue weighted by Gasteiger charge is 2.42. The van der Waals surface area contributed by atoms with Gasteiger partial charge in [0.05, 0.1) is 31.6 Å². The molecule has 6 heteroatoms. The minimum absolute atomic E-state index is 0.0597. The van der Waals surface area contributed by atoms with Gasteiger partial charge < -0.3 is 14.8 Å². The molecule has 0 bridgehead atoms. The van der Waals surface area contributed by atoms with Gasteiger partial charge in [0.15, 0.2) is 0 Å². The van der Waals surface area contributed by atoms with Crippen LogP contribution in [0.4, 0.5) is 0 Å². The van der Waals surface area contributed by atoms with E-state index in [1.807, 2.05) is 0 Å². The van der Waals surface area contributed by atoms with Gasteiger partial charge in [-0.2, -0.15) is 0 Å². The average Bonchev–Trinajstić information content (AvgIpc) is 2.69. The fourth-order valence-corrected chi connectivity index (χ4v) is 4.82. The van der Waals surface area contributed by atoms with E-state index < -0.39 is 0 Å². The third kappa shape index (κ3) is 4.68. The SMILES string of the molecule is CC(C)C1COC(C(C)(C)N2CCN(C(C)(C)N3CCOCC3)CC2)CN1. The molecular weight excluding hydrogens is 340 g/mol. The van der Waals surface area contributed by atoms with Gasteiger partial charge in [-0.3, -0.25) is 14.7 Å².